The molecule has 4 aromatic carbocycles. The third-order valence-electron chi connectivity index (χ3n) is 27.0. The summed E-state index contributed by atoms with van der Waals surface area (Å²) in [7, 11) is 7.12. The van der Waals surface area contributed by atoms with Gasteiger partial charge in [0, 0.05) is 25.9 Å². The largest absolute Gasteiger partial charge is 0.497 e. The number of urea groups is 2. The lowest BCUT2D eigenvalue weighted by molar-refractivity contribution is -0.135. The molecular weight excluding hydrogens is 1270 g/mol. The SMILES string of the molecule is C=CCCCCCC[C@H](CCC)C(=O)N1C(=O)N(C)[C@@H](C)[C@H]1c1ccccc1.C=CC[C@@H]1Cc2cc(OC)ccc2C2CC[C@@]3(C)C(CC[C@@H]3O)C21.CCC[C@@H](CCCCCCC=CC[C@@H]1Cc2cc(OC)ccc2C2CC[C@@]3(C)C(CC[C@@H]3O)C21)C(=O)N1C(=O)N(C)[C@@H](C)[C@H]1c1ccccc1. The minimum absolute atomic E-state index is 0.00116. The predicted molar refractivity (Wildman–Crippen MR) is 413 cm³/mol. The first-order valence-electron chi connectivity index (χ1n) is 40.2. The van der Waals surface area contributed by atoms with Crippen LogP contribution < -0.4 is 9.47 Å². The van der Waals surface area contributed by atoms with Crippen molar-refractivity contribution in [2.24, 2.45) is 58.2 Å². The number of fused-ring (bicyclic) bond motifs is 10. The second-order valence-electron chi connectivity index (χ2n) is 32.8. The zero-order valence-corrected chi connectivity index (χ0v) is 64.1. The number of aliphatic hydroxyl groups excluding tert-OH is 2. The summed E-state index contributed by atoms with van der Waals surface area (Å²) in [5, 5.41) is 21.6. The number of likely N-dealkylation sites (N-methyl/N-ethyl adjacent to an activating group) is 2. The zero-order chi connectivity index (χ0) is 72.8. The van der Waals surface area contributed by atoms with Crippen molar-refractivity contribution in [1.82, 2.24) is 19.6 Å². The maximum Gasteiger partial charge on any atom is 0.327 e. The summed E-state index contributed by atoms with van der Waals surface area (Å²) < 4.78 is 11.1. The van der Waals surface area contributed by atoms with Crippen LogP contribution in [0.3, 0.4) is 0 Å². The molecule has 4 saturated carbocycles. The van der Waals surface area contributed by atoms with Gasteiger partial charge in [-0.15, -0.1) is 13.2 Å². The Kier molecular flexibility index (Phi) is 27.6. The van der Waals surface area contributed by atoms with E-state index in [9.17, 15) is 29.4 Å². The van der Waals surface area contributed by atoms with Crippen molar-refractivity contribution in [2.75, 3.05) is 28.3 Å². The molecule has 12 rings (SSSR count). The van der Waals surface area contributed by atoms with Crippen LogP contribution in [-0.2, 0) is 22.4 Å². The van der Waals surface area contributed by atoms with Gasteiger partial charge in [-0.2, -0.15) is 0 Å². The van der Waals surface area contributed by atoms with Gasteiger partial charge in [0.15, 0.2) is 0 Å². The monoisotopic (exact) mass is 1390 g/mol. The van der Waals surface area contributed by atoms with Crippen LogP contribution in [0.4, 0.5) is 9.59 Å². The topological polar surface area (TPSA) is 140 Å². The Labute approximate surface area is 614 Å². The van der Waals surface area contributed by atoms with Gasteiger partial charge in [-0.3, -0.25) is 19.4 Å². The van der Waals surface area contributed by atoms with Crippen molar-refractivity contribution in [1.29, 1.82) is 0 Å². The van der Waals surface area contributed by atoms with E-state index in [1.165, 1.54) is 53.7 Å². The van der Waals surface area contributed by atoms with Crippen molar-refractivity contribution >= 4 is 23.9 Å². The third-order valence-corrected chi connectivity index (χ3v) is 27.0. The zero-order valence-electron chi connectivity index (χ0n) is 64.1. The van der Waals surface area contributed by atoms with Gasteiger partial charge in [-0.05, 0) is 258 Å². The lowest BCUT2D eigenvalue weighted by atomic mass is 9.52. The summed E-state index contributed by atoms with van der Waals surface area (Å²) in [6, 6.07) is 32.5. The molecule has 0 radical (unpaired) electrons. The number of aliphatic hydroxyl groups is 2. The lowest BCUT2D eigenvalue weighted by Crippen LogP contribution is -2.47. The summed E-state index contributed by atoms with van der Waals surface area (Å²) in [6.45, 7) is 20.8. The molecule has 2 N–H and O–H groups in total. The molecule has 2 saturated heterocycles. The van der Waals surface area contributed by atoms with Crippen molar-refractivity contribution < 1.29 is 38.9 Å². The summed E-state index contributed by atoms with van der Waals surface area (Å²) in [5.41, 5.74) is 8.28. The molecule has 102 heavy (non-hydrogen) atoms. The number of hydrogen-bond acceptors (Lipinski definition) is 8. The fourth-order valence-electron chi connectivity index (χ4n) is 21.1. The summed E-state index contributed by atoms with van der Waals surface area (Å²) in [5.74, 6) is 6.84. The molecule has 12 heteroatoms. The number of rotatable bonds is 28. The van der Waals surface area contributed by atoms with Crippen molar-refractivity contribution in [3.63, 3.8) is 0 Å². The Balaban J connectivity index is 0.000000181. The average molecular weight is 1390 g/mol. The van der Waals surface area contributed by atoms with E-state index >= 15 is 0 Å². The molecule has 6 aliphatic carbocycles. The van der Waals surface area contributed by atoms with Crippen molar-refractivity contribution in [2.45, 2.75) is 270 Å². The van der Waals surface area contributed by atoms with E-state index in [2.05, 4.69) is 95.5 Å². The standard InChI is InChI=1S/C44H62N2O4.C24H36N2O2.C22H30O2/c1-6-17-32(42(48)46-41(30(2)45(4)43(46)49)31-18-15-12-16-19-31)20-13-10-8-7-9-11-14-21-33-28-34-29-35(50-5)22-23-36(34)37-26-27-44(3)38(40(33)37)24-25-39(44)47;1-5-7-8-9-10-12-18-21(15-6-2)23(27)26-22(19(3)25(4)24(26)28)20-16-13-11-14-17-20;1-4-5-14-12-15-13-16(24-3)6-7-17(15)18-10-11-22(2)19(21(14)18)8-9-20(22)23/h11-12,14-16,18-19,22-23,29-30,32-33,37-41,47H,6-10,13,17,20-21,24-28H2,1-5H3;5,11,13-14,16-17,19,21-22H,1,6-10,12,15,18H2,2-4H3;4,6-7,13-14,18-21,23H,1,5,8-12H2,2-3H3/t30-,32-,33+,37?,38?,39-,40?,41-,44-;19-,21-,22-;14-,18?,19?,20+,21?,22+/m001/s1. The molecule has 8 aliphatic rings. The highest BCUT2D eigenvalue weighted by molar-refractivity contribution is 5.98. The number of allylic oxidation sites excluding steroid dienone is 4. The van der Waals surface area contributed by atoms with Crippen LogP contribution in [0.15, 0.2) is 135 Å². The number of nitrogens with zero attached hydrogens (tertiary/aromatic N) is 4. The molecular formula is C90H128N4O8. The van der Waals surface area contributed by atoms with E-state index in [1.54, 1.807) is 41.5 Å². The molecule has 0 spiro atoms. The highest BCUT2D eigenvalue weighted by Crippen LogP contribution is 2.64. The molecule has 6 amide bonds. The van der Waals surface area contributed by atoms with Crippen LogP contribution in [-0.4, -0.2) is 106 Å². The molecule has 0 bridgehead atoms. The van der Waals surface area contributed by atoms with Gasteiger partial charge in [-0.25, -0.2) is 9.59 Å². The second-order valence-corrected chi connectivity index (χ2v) is 32.8. The number of carbonyl (C=O) groups is 4. The molecule has 12 nitrogen and oxygen atoms in total. The van der Waals surface area contributed by atoms with Gasteiger partial charge in [0.1, 0.15) is 11.5 Å². The average Bonchev–Trinajstić information content (AvgIpc) is 1.45. The van der Waals surface area contributed by atoms with E-state index in [4.69, 9.17) is 9.47 Å². The van der Waals surface area contributed by atoms with E-state index in [1.807, 2.05) is 87.6 Å². The summed E-state index contributed by atoms with van der Waals surface area (Å²) in [4.78, 5) is 60.1. The lowest BCUT2D eigenvalue weighted by Gasteiger charge is -2.53. The maximum atomic E-state index is 13.9. The second kappa shape index (κ2) is 36.0. The molecule has 4 aromatic rings. The van der Waals surface area contributed by atoms with E-state index < -0.39 is 0 Å². The van der Waals surface area contributed by atoms with E-state index in [0.29, 0.717) is 47.3 Å². The molecule has 2 aliphatic heterocycles. The highest BCUT2D eigenvalue weighted by Gasteiger charge is 2.58. The molecule has 6 fully saturated rings. The summed E-state index contributed by atoms with van der Waals surface area (Å²) in [6.07, 6.45) is 38.4. The Morgan fingerprint density at radius 3 is 1.37 bits per heavy atom. The quantitative estimate of drug-likeness (QED) is 0.0423. The predicted octanol–water partition coefficient (Wildman–Crippen LogP) is 20.5. The molecule has 0 aromatic heterocycles. The number of imide groups is 2. The maximum absolute atomic E-state index is 13.9. The fraction of sp³-hybridized carbons (Fsp3) is 0.622. The van der Waals surface area contributed by atoms with Crippen molar-refractivity contribution in [3.8, 4) is 11.5 Å². The number of ether oxygens (including phenoxy) is 2. The van der Waals surface area contributed by atoms with Crippen LogP contribution in [0.2, 0.25) is 0 Å². The fourth-order valence-corrected chi connectivity index (χ4v) is 21.1. The van der Waals surface area contributed by atoms with E-state index in [0.717, 1.165) is 170 Å². The Morgan fingerprint density at radius 2 is 0.961 bits per heavy atom. The minimum Gasteiger partial charge on any atom is -0.497 e. The first kappa shape index (κ1) is 78.1. The first-order chi connectivity index (χ1) is 49.3. The summed E-state index contributed by atoms with van der Waals surface area (Å²) >= 11 is 0. The van der Waals surface area contributed by atoms with Gasteiger partial charge < -0.3 is 29.5 Å². The number of amides is 6. The number of hydrogen-bond donors (Lipinski definition) is 2. The Morgan fingerprint density at radius 1 is 0.539 bits per heavy atom. The highest BCUT2D eigenvalue weighted by atomic mass is 16.5. The number of carbonyl (C=O) groups excluding carboxylic acids is 4. The van der Waals surface area contributed by atoms with Gasteiger partial charge >= 0.3 is 12.1 Å². The molecule has 2 heterocycles. The Bertz CT molecular complexity index is 3450. The van der Waals surface area contributed by atoms with Crippen LogP contribution in [0.5, 0.6) is 11.5 Å². The molecule has 6 unspecified atom stereocenters. The van der Waals surface area contributed by atoms with Gasteiger partial charge in [0.05, 0.1) is 50.6 Å². The number of methoxy groups -OCH3 is 2. The minimum atomic E-state index is -0.239. The van der Waals surface area contributed by atoms with Crippen LogP contribution in [0.25, 0.3) is 0 Å². The first-order valence-corrected chi connectivity index (χ1v) is 40.2. The number of unbranched alkanes of at least 4 members (excludes halogenated alkanes) is 8. The smallest absolute Gasteiger partial charge is 0.327 e. The van der Waals surface area contributed by atoms with Crippen LogP contribution >= 0.6 is 0 Å². The van der Waals surface area contributed by atoms with Crippen LogP contribution in [0.1, 0.15) is 266 Å². The molecule has 556 valence electrons. The normalized spacial score (nSPS) is 30.4. The van der Waals surface area contributed by atoms with E-state index in [-0.39, 0.29) is 82.9 Å². The third kappa shape index (κ3) is 16.8. The van der Waals surface area contributed by atoms with Gasteiger partial charge in [0.25, 0.3) is 0 Å². The van der Waals surface area contributed by atoms with Crippen molar-refractivity contribution in [3.05, 3.63) is 168 Å². The van der Waals surface area contributed by atoms with Gasteiger partial charge in [0.2, 0.25) is 11.8 Å². The van der Waals surface area contributed by atoms with Crippen LogP contribution in [0, 0.1) is 58.2 Å². The van der Waals surface area contributed by atoms with Gasteiger partial charge in [-0.1, -0.05) is 176 Å². The molecule has 18 atom stereocenters. The number of benzene rings is 4. The Hall–Kier alpha value is -6.50.